The van der Waals surface area contributed by atoms with Gasteiger partial charge in [0, 0.05) is 6.54 Å². The van der Waals surface area contributed by atoms with Crippen LogP contribution in [-0.2, 0) is 6.42 Å². The highest BCUT2D eigenvalue weighted by Gasteiger charge is 2.35. The van der Waals surface area contributed by atoms with Gasteiger partial charge in [-0.1, -0.05) is 30.3 Å². The number of carbonyl (C=O) groups is 1. The molecular weight excluding hydrogens is 356 g/mol. The number of amides is 2. The number of rotatable bonds is 5. The van der Waals surface area contributed by atoms with Gasteiger partial charge in [0.05, 0.1) is 32.4 Å². The number of hydrogen-bond donors (Lipinski definition) is 2. The molecule has 1 aliphatic rings. The van der Waals surface area contributed by atoms with E-state index in [-0.39, 0.29) is 12.1 Å². The van der Waals surface area contributed by atoms with Crippen molar-refractivity contribution in [2.75, 3.05) is 20.8 Å². The van der Waals surface area contributed by atoms with E-state index in [1.54, 1.807) is 26.0 Å². The molecule has 6 heteroatoms. The van der Waals surface area contributed by atoms with Gasteiger partial charge in [-0.05, 0) is 49.1 Å². The van der Waals surface area contributed by atoms with Crippen LogP contribution in [-0.4, -0.2) is 42.9 Å². The third kappa shape index (κ3) is 3.92. The molecule has 0 aromatic heterocycles. The minimum Gasteiger partial charge on any atom is -0.493 e. The summed E-state index contributed by atoms with van der Waals surface area (Å²) in [5, 5.41) is 13.5. The molecule has 3 atom stereocenters. The average Bonchev–Trinajstić information content (AvgIpc) is 2.71. The molecule has 150 valence electrons. The number of nitrogens with one attached hydrogen (secondary N) is 1. The molecule has 0 saturated carbocycles. The Bertz CT molecular complexity index is 823. The molecule has 3 unspecified atom stereocenters. The highest BCUT2D eigenvalue weighted by atomic mass is 16.5. The van der Waals surface area contributed by atoms with E-state index >= 15 is 0 Å². The Morgan fingerprint density at radius 2 is 1.79 bits per heavy atom. The van der Waals surface area contributed by atoms with Crippen molar-refractivity contribution in [1.82, 2.24) is 10.2 Å². The fraction of sp³-hybridized carbons (Fsp3) is 0.409. The van der Waals surface area contributed by atoms with Gasteiger partial charge in [0.25, 0.3) is 0 Å². The van der Waals surface area contributed by atoms with Gasteiger partial charge in [-0.2, -0.15) is 0 Å². The van der Waals surface area contributed by atoms with Crippen molar-refractivity contribution in [3.8, 4) is 11.5 Å². The van der Waals surface area contributed by atoms with E-state index in [0.717, 1.165) is 16.7 Å². The second kappa shape index (κ2) is 8.52. The van der Waals surface area contributed by atoms with Crippen molar-refractivity contribution in [3.63, 3.8) is 0 Å². The Labute approximate surface area is 166 Å². The molecule has 0 bridgehead atoms. The lowest BCUT2D eigenvalue weighted by Crippen LogP contribution is -2.49. The van der Waals surface area contributed by atoms with Gasteiger partial charge in [-0.3, -0.25) is 0 Å². The van der Waals surface area contributed by atoms with E-state index < -0.39 is 12.1 Å². The van der Waals surface area contributed by atoms with Crippen LogP contribution in [0.15, 0.2) is 42.5 Å². The summed E-state index contributed by atoms with van der Waals surface area (Å²) >= 11 is 0. The Morgan fingerprint density at radius 3 is 2.39 bits per heavy atom. The number of nitrogens with zero attached hydrogens (tertiary/aromatic N) is 1. The van der Waals surface area contributed by atoms with Crippen LogP contribution in [0.1, 0.15) is 42.6 Å². The lowest BCUT2D eigenvalue weighted by Gasteiger charge is -2.39. The number of fused-ring (bicyclic) bond motifs is 1. The average molecular weight is 384 g/mol. The molecule has 1 heterocycles. The number of urea groups is 1. The largest absolute Gasteiger partial charge is 0.493 e. The quantitative estimate of drug-likeness (QED) is 0.828. The highest BCUT2D eigenvalue weighted by molar-refractivity contribution is 5.76. The first-order valence-electron chi connectivity index (χ1n) is 9.51. The summed E-state index contributed by atoms with van der Waals surface area (Å²) < 4.78 is 10.8. The van der Waals surface area contributed by atoms with E-state index in [9.17, 15) is 9.90 Å². The summed E-state index contributed by atoms with van der Waals surface area (Å²) in [6, 6.07) is 12.9. The number of carbonyl (C=O) groups excluding carboxylic acids is 1. The van der Waals surface area contributed by atoms with E-state index in [4.69, 9.17) is 9.47 Å². The summed E-state index contributed by atoms with van der Waals surface area (Å²) in [4.78, 5) is 14.7. The van der Waals surface area contributed by atoms with Crippen LogP contribution in [0.25, 0.3) is 0 Å². The molecule has 0 saturated heterocycles. The van der Waals surface area contributed by atoms with Gasteiger partial charge in [0.2, 0.25) is 0 Å². The third-order valence-corrected chi connectivity index (χ3v) is 5.28. The maximum Gasteiger partial charge on any atom is 0.318 e. The van der Waals surface area contributed by atoms with Gasteiger partial charge in [-0.15, -0.1) is 0 Å². The normalized spacial score (nSPS) is 18.0. The summed E-state index contributed by atoms with van der Waals surface area (Å²) in [5.74, 6) is 1.24. The lowest BCUT2D eigenvalue weighted by molar-refractivity contribution is 0.0703. The van der Waals surface area contributed by atoms with Crippen LogP contribution < -0.4 is 14.8 Å². The molecule has 1 aliphatic heterocycles. The Morgan fingerprint density at radius 1 is 1.14 bits per heavy atom. The molecule has 2 amide bonds. The Kier molecular flexibility index (Phi) is 6.09. The van der Waals surface area contributed by atoms with Crippen molar-refractivity contribution < 1.29 is 19.4 Å². The van der Waals surface area contributed by atoms with Crippen LogP contribution in [0.3, 0.4) is 0 Å². The molecule has 2 N–H and O–H groups in total. The number of aliphatic hydroxyl groups is 1. The van der Waals surface area contributed by atoms with E-state index in [1.165, 1.54) is 0 Å². The summed E-state index contributed by atoms with van der Waals surface area (Å²) in [7, 11) is 3.18. The second-order valence-corrected chi connectivity index (χ2v) is 7.12. The zero-order chi connectivity index (χ0) is 20.3. The molecule has 28 heavy (non-hydrogen) atoms. The van der Waals surface area contributed by atoms with Crippen molar-refractivity contribution >= 4 is 6.03 Å². The minimum atomic E-state index is -0.727. The predicted molar refractivity (Wildman–Crippen MR) is 108 cm³/mol. The van der Waals surface area contributed by atoms with E-state index in [2.05, 4.69) is 5.32 Å². The first kappa shape index (κ1) is 20.0. The van der Waals surface area contributed by atoms with Crippen LogP contribution in [0, 0.1) is 0 Å². The van der Waals surface area contributed by atoms with Crippen molar-refractivity contribution in [2.45, 2.75) is 38.5 Å². The standard InChI is InChI=1S/C22H28N2O4/c1-14(16-8-6-5-7-9-16)23-22(26)24-11-10-17-12-19(27-3)20(28-4)13-18(17)21(24)15(2)25/h5-9,12-15,21,25H,10-11H2,1-4H3,(H,23,26). The number of ether oxygens (including phenoxy) is 2. The molecule has 2 aromatic rings. The number of hydrogen-bond acceptors (Lipinski definition) is 4. The van der Waals surface area contributed by atoms with Gasteiger partial charge < -0.3 is 24.8 Å². The van der Waals surface area contributed by atoms with E-state index in [0.29, 0.717) is 24.5 Å². The fourth-order valence-corrected chi connectivity index (χ4v) is 3.82. The van der Waals surface area contributed by atoms with Crippen molar-refractivity contribution in [2.24, 2.45) is 0 Å². The third-order valence-electron chi connectivity index (χ3n) is 5.28. The number of benzene rings is 2. The molecule has 0 spiro atoms. The van der Waals surface area contributed by atoms with Gasteiger partial charge in [-0.25, -0.2) is 4.79 Å². The molecule has 3 rings (SSSR count). The highest BCUT2D eigenvalue weighted by Crippen LogP contribution is 2.39. The number of methoxy groups -OCH3 is 2. The molecule has 0 aliphatic carbocycles. The maximum atomic E-state index is 13.0. The SMILES string of the molecule is COc1cc2c(cc1OC)C(C(C)O)N(C(=O)NC(C)c1ccccc1)CC2. The smallest absolute Gasteiger partial charge is 0.318 e. The first-order chi connectivity index (χ1) is 13.5. The van der Waals surface area contributed by atoms with E-state index in [1.807, 2.05) is 49.4 Å². The monoisotopic (exact) mass is 384 g/mol. The fourth-order valence-electron chi connectivity index (χ4n) is 3.82. The molecule has 0 fully saturated rings. The van der Waals surface area contributed by atoms with Crippen molar-refractivity contribution in [1.29, 1.82) is 0 Å². The first-order valence-corrected chi connectivity index (χ1v) is 9.51. The predicted octanol–water partition coefficient (Wildman–Crippen LogP) is 3.45. The minimum absolute atomic E-state index is 0.129. The lowest BCUT2D eigenvalue weighted by atomic mass is 9.89. The zero-order valence-electron chi connectivity index (χ0n) is 16.8. The molecule has 2 aromatic carbocycles. The maximum absolute atomic E-state index is 13.0. The zero-order valence-corrected chi connectivity index (χ0v) is 16.8. The molecular formula is C22H28N2O4. The summed E-state index contributed by atoms with van der Waals surface area (Å²) in [6.45, 7) is 4.18. The van der Waals surface area contributed by atoms with Gasteiger partial charge >= 0.3 is 6.03 Å². The summed E-state index contributed by atoms with van der Waals surface area (Å²) in [5.41, 5.74) is 2.98. The molecule has 0 radical (unpaired) electrons. The Balaban J connectivity index is 1.87. The topological polar surface area (TPSA) is 71.0 Å². The van der Waals surface area contributed by atoms with Gasteiger partial charge in [0.15, 0.2) is 11.5 Å². The molecule has 6 nitrogen and oxygen atoms in total. The van der Waals surface area contributed by atoms with Gasteiger partial charge in [0.1, 0.15) is 0 Å². The van der Waals surface area contributed by atoms with Crippen LogP contribution in [0.4, 0.5) is 4.79 Å². The summed E-state index contributed by atoms with van der Waals surface area (Å²) in [6.07, 6.45) is -0.0404. The van der Waals surface area contributed by atoms with Crippen LogP contribution in [0.5, 0.6) is 11.5 Å². The van der Waals surface area contributed by atoms with Crippen LogP contribution >= 0.6 is 0 Å². The van der Waals surface area contributed by atoms with Crippen LogP contribution in [0.2, 0.25) is 0 Å². The van der Waals surface area contributed by atoms with Crippen molar-refractivity contribution in [3.05, 3.63) is 59.2 Å². The second-order valence-electron chi connectivity index (χ2n) is 7.12. The number of aliphatic hydroxyl groups excluding tert-OH is 1. The Hall–Kier alpha value is -2.73.